The lowest BCUT2D eigenvalue weighted by atomic mass is 10.1. The van der Waals surface area contributed by atoms with Gasteiger partial charge in [-0.25, -0.2) is 18.0 Å². The van der Waals surface area contributed by atoms with Gasteiger partial charge in [0.05, 0.1) is 18.2 Å². The van der Waals surface area contributed by atoms with Gasteiger partial charge in [-0.15, -0.1) is 0 Å². The maximum Gasteiger partial charge on any atom is 0.322 e. The molecule has 1 aromatic heterocycles. The van der Waals surface area contributed by atoms with Gasteiger partial charge < -0.3 is 20.1 Å². The zero-order chi connectivity index (χ0) is 21.1. The van der Waals surface area contributed by atoms with E-state index in [1.807, 2.05) is 0 Å². The predicted molar refractivity (Wildman–Crippen MR) is 93.7 cm³/mol. The molecule has 1 aromatic carbocycles. The summed E-state index contributed by atoms with van der Waals surface area (Å²) in [6, 6.07) is 3.35. The molecule has 0 saturated carbocycles. The SMILES string of the molecule is C[C@@H](NC(=O)c1noc2c1CN(C(=O)Nc1ccc(F)c(C#N)c1)CC2)C(F)F. The van der Waals surface area contributed by atoms with E-state index >= 15 is 0 Å². The molecule has 1 aliphatic rings. The van der Waals surface area contributed by atoms with Gasteiger partial charge in [0.1, 0.15) is 17.6 Å². The molecule has 0 aliphatic carbocycles. The van der Waals surface area contributed by atoms with Crippen LogP contribution >= 0.6 is 0 Å². The lowest BCUT2D eigenvalue weighted by molar-refractivity contribution is 0.0771. The van der Waals surface area contributed by atoms with Crippen LogP contribution in [0.4, 0.5) is 23.7 Å². The highest BCUT2D eigenvalue weighted by molar-refractivity contribution is 5.94. The summed E-state index contributed by atoms with van der Waals surface area (Å²) in [4.78, 5) is 26.1. The number of nitrogens with one attached hydrogen (secondary N) is 2. The van der Waals surface area contributed by atoms with Crippen molar-refractivity contribution in [1.82, 2.24) is 15.4 Å². The number of benzene rings is 1. The Kier molecular flexibility index (Phi) is 5.72. The third-order valence-electron chi connectivity index (χ3n) is 4.40. The number of amides is 3. The van der Waals surface area contributed by atoms with Crippen LogP contribution in [-0.4, -0.2) is 41.0 Å². The van der Waals surface area contributed by atoms with Gasteiger partial charge in [0.15, 0.2) is 5.69 Å². The molecule has 1 aliphatic heterocycles. The number of aromatic nitrogens is 1. The molecular weight excluding hydrogens is 391 g/mol. The van der Waals surface area contributed by atoms with Gasteiger partial charge in [0, 0.05) is 24.2 Å². The zero-order valence-electron chi connectivity index (χ0n) is 15.2. The van der Waals surface area contributed by atoms with Crippen molar-refractivity contribution in [2.24, 2.45) is 0 Å². The minimum Gasteiger partial charge on any atom is -0.360 e. The molecule has 1 atom stereocenters. The van der Waals surface area contributed by atoms with Crippen LogP contribution in [0.3, 0.4) is 0 Å². The monoisotopic (exact) mass is 407 g/mol. The number of carbonyl (C=O) groups is 2. The highest BCUT2D eigenvalue weighted by atomic mass is 19.3. The average molecular weight is 407 g/mol. The molecule has 0 radical (unpaired) electrons. The summed E-state index contributed by atoms with van der Waals surface area (Å²) < 4.78 is 43.8. The lowest BCUT2D eigenvalue weighted by Crippen LogP contribution is -2.41. The van der Waals surface area contributed by atoms with E-state index in [-0.39, 0.29) is 36.5 Å². The third-order valence-corrected chi connectivity index (χ3v) is 4.40. The second-order valence-electron chi connectivity index (χ2n) is 6.44. The molecule has 3 rings (SSSR count). The van der Waals surface area contributed by atoms with Crippen LogP contribution < -0.4 is 10.6 Å². The minimum absolute atomic E-state index is 0.0250. The Morgan fingerprint density at radius 3 is 2.83 bits per heavy atom. The quantitative estimate of drug-likeness (QED) is 0.810. The molecule has 152 valence electrons. The summed E-state index contributed by atoms with van der Waals surface area (Å²) in [5, 5.41) is 17.2. The van der Waals surface area contributed by atoms with E-state index in [4.69, 9.17) is 9.78 Å². The summed E-state index contributed by atoms with van der Waals surface area (Å²) in [7, 11) is 0. The number of rotatable bonds is 4. The van der Waals surface area contributed by atoms with E-state index in [9.17, 15) is 22.8 Å². The molecule has 0 spiro atoms. The molecule has 0 saturated heterocycles. The standard InChI is InChI=1S/C18H16F3N5O3/c1-9(16(20)21)23-17(27)15-12-8-26(5-4-14(12)29-25-15)18(28)24-11-2-3-13(19)10(6-11)7-22/h2-3,6,9,16H,4-5,8H2,1H3,(H,23,27)(H,24,28)/t9-/m1/s1. The molecule has 0 fully saturated rings. The Labute approximate surface area is 163 Å². The van der Waals surface area contributed by atoms with Gasteiger partial charge in [-0.2, -0.15) is 5.26 Å². The number of anilines is 1. The largest absolute Gasteiger partial charge is 0.360 e. The lowest BCUT2D eigenvalue weighted by Gasteiger charge is -2.26. The number of hydrogen-bond acceptors (Lipinski definition) is 5. The molecule has 8 nitrogen and oxygen atoms in total. The topological polar surface area (TPSA) is 111 Å². The zero-order valence-corrected chi connectivity index (χ0v) is 15.2. The number of hydrogen-bond donors (Lipinski definition) is 2. The second kappa shape index (κ2) is 8.22. The van der Waals surface area contributed by atoms with Crippen molar-refractivity contribution in [1.29, 1.82) is 5.26 Å². The summed E-state index contributed by atoms with van der Waals surface area (Å²) >= 11 is 0. The van der Waals surface area contributed by atoms with E-state index < -0.39 is 30.2 Å². The first kappa shape index (κ1) is 20.2. The molecule has 2 aromatic rings. The summed E-state index contributed by atoms with van der Waals surface area (Å²) in [5.41, 5.74) is 0.198. The second-order valence-corrected chi connectivity index (χ2v) is 6.44. The maximum atomic E-state index is 13.4. The number of carbonyl (C=O) groups excluding carboxylic acids is 2. The van der Waals surface area contributed by atoms with Gasteiger partial charge in [-0.3, -0.25) is 4.79 Å². The molecule has 0 unspecified atom stereocenters. The summed E-state index contributed by atoms with van der Waals surface area (Å²) in [6.07, 6.45) is -2.46. The molecule has 29 heavy (non-hydrogen) atoms. The normalized spacial score (nSPS) is 14.1. The number of fused-ring (bicyclic) bond motifs is 1. The Morgan fingerprint density at radius 2 is 2.14 bits per heavy atom. The number of nitriles is 1. The van der Waals surface area contributed by atoms with Crippen molar-refractivity contribution < 1.29 is 27.3 Å². The van der Waals surface area contributed by atoms with Crippen LogP contribution in [0.2, 0.25) is 0 Å². The van der Waals surface area contributed by atoms with Crippen molar-refractivity contribution in [3.05, 3.63) is 46.6 Å². The van der Waals surface area contributed by atoms with Gasteiger partial charge in [-0.1, -0.05) is 5.16 Å². The first-order valence-corrected chi connectivity index (χ1v) is 8.62. The molecule has 11 heteroatoms. The van der Waals surface area contributed by atoms with Gasteiger partial charge in [0.25, 0.3) is 12.3 Å². The predicted octanol–water partition coefficient (Wildman–Crippen LogP) is 2.66. The van der Waals surface area contributed by atoms with Gasteiger partial charge in [0.2, 0.25) is 0 Å². The number of nitrogens with zero attached hydrogens (tertiary/aromatic N) is 3. The van der Waals surface area contributed by atoms with Crippen LogP contribution in [0.1, 0.15) is 34.3 Å². The fourth-order valence-electron chi connectivity index (χ4n) is 2.79. The van der Waals surface area contributed by atoms with Crippen LogP contribution in [0.5, 0.6) is 0 Å². The van der Waals surface area contributed by atoms with E-state index in [0.717, 1.165) is 13.0 Å². The Bertz CT molecular complexity index is 986. The summed E-state index contributed by atoms with van der Waals surface area (Å²) in [5.74, 6) is -1.12. The molecule has 3 amide bonds. The molecular formula is C18H16F3N5O3. The van der Waals surface area contributed by atoms with Crippen LogP contribution in [0, 0.1) is 17.1 Å². The number of alkyl halides is 2. The fourth-order valence-corrected chi connectivity index (χ4v) is 2.79. The highest BCUT2D eigenvalue weighted by Crippen LogP contribution is 2.24. The van der Waals surface area contributed by atoms with Crippen molar-refractivity contribution in [3.8, 4) is 6.07 Å². The van der Waals surface area contributed by atoms with Crippen molar-refractivity contribution >= 4 is 17.6 Å². The van der Waals surface area contributed by atoms with Crippen molar-refractivity contribution in [2.75, 3.05) is 11.9 Å². The fraction of sp³-hybridized carbons (Fsp3) is 0.333. The molecule has 2 heterocycles. The van der Waals surface area contributed by atoms with Crippen LogP contribution in [-0.2, 0) is 13.0 Å². The molecule has 2 N–H and O–H groups in total. The van der Waals surface area contributed by atoms with Crippen molar-refractivity contribution in [2.45, 2.75) is 32.4 Å². The Morgan fingerprint density at radius 1 is 1.38 bits per heavy atom. The Hall–Kier alpha value is -3.55. The van der Waals surface area contributed by atoms with Crippen LogP contribution in [0.25, 0.3) is 0 Å². The van der Waals surface area contributed by atoms with E-state index in [0.29, 0.717) is 11.3 Å². The van der Waals surface area contributed by atoms with Crippen molar-refractivity contribution in [3.63, 3.8) is 0 Å². The average Bonchev–Trinajstić information content (AvgIpc) is 3.12. The third kappa shape index (κ3) is 4.31. The van der Waals surface area contributed by atoms with E-state index in [1.54, 1.807) is 6.07 Å². The number of urea groups is 1. The first-order valence-electron chi connectivity index (χ1n) is 8.62. The Balaban J connectivity index is 1.72. The summed E-state index contributed by atoms with van der Waals surface area (Å²) in [6.45, 7) is 1.39. The van der Waals surface area contributed by atoms with E-state index in [2.05, 4.69) is 15.8 Å². The smallest absolute Gasteiger partial charge is 0.322 e. The van der Waals surface area contributed by atoms with Gasteiger partial charge >= 0.3 is 6.03 Å². The molecule has 0 bridgehead atoms. The first-order chi connectivity index (χ1) is 13.8. The minimum atomic E-state index is -2.74. The van der Waals surface area contributed by atoms with Crippen LogP contribution in [0.15, 0.2) is 22.7 Å². The number of halogens is 3. The van der Waals surface area contributed by atoms with E-state index in [1.165, 1.54) is 17.0 Å². The highest BCUT2D eigenvalue weighted by Gasteiger charge is 2.31. The maximum absolute atomic E-state index is 13.4. The van der Waals surface area contributed by atoms with Gasteiger partial charge in [-0.05, 0) is 25.1 Å².